The predicted molar refractivity (Wildman–Crippen MR) is 91.1 cm³/mol. The van der Waals surface area contributed by atoms with E-state index >= 15 is 0 Å². The monoisotopic (exact) mass is 333 g/mol. The Kier molecular flexibility index (Phi) is 5.08. The van der Waals surface area contributed by atoms with Gasteiger partial charge in [-0.05, 0) is 36.4 Å². The molecule has 0 fully saturated rings. The van der Waals surface area contributed by atoms with Gasteiger partial charge in [0.15, 0.2) is 0 Å². The summed E-state index contributed by atoms with van der Waals surface area (Å²) >= 11 is 5.79. The first-order valence-electron chi connectivity index (χ1n) is 6.75. The molecular weight excluding hydrogens is 318 g/mol. The minimum Gasteiger partial charge on any atom is -0.506 e. The minimum atomic E-state index is -0.905. The summed E-state index contributed by atoms with van der Waals surface area (Å²) in [5.41, 5.74) is 1.45. The van der Waals surface area contributed by atoms with Crippen LogP contribution in [0.1, 0.15) is 0 Å². The maximum Gasteiger partial charge on any atom is 0.314 e. The molecule has 0 aliphatic carbocycles. The quantitative estimate of drug-likeness (QED) is 0.596. The molecule has 0 heterocycles. The highest BCUT2D eigenvalue weighted by Gasteiger charge is 2.16. The zero-order chi connectivity index (χ0) is 17.0. The van der Waals surface area contributed by atoms with Gasteiger partial charge in [0.25, 0.3) is 0 Å². The Labute approximate surface area is 138 Å². The number of carbonyl (C=O) groups is 2. The van der Waals surface area contributed by atoms with Gasteiger partial charge in [-0.2, -0.15) is 0 Å². The van der Waals surface area contributed by atoms with Gasteiger partial charge in [-0.15, -0.1) is 0 Å². The molecule has 2 aromatic rings. The molecule has 0 radical (unpaired) electrons. The van der Waals surface area contributed by atoms with Crippen molar-refractivity contribution in [2.75, 3.05) is 29.6 Å². The van der Waals surface area contributed by atoms with Crippen molar-refractivity contribution in [1.29, 1.82) is 0 Å². The Morgan fingerprint density at radius 3 is 2.43 bits per heavy atom. The van der Waals surface area contributed by atoms with E-state index in [-0.39, 0.29) is 11.4 Å². The standard InChI is InChI=1S/C16H16ClN3O3/c1-20(2)12-5-3-4-11(9-12)18-15(22)16(23)19-13-8-10(17)6-7-14(13)21/h3-9,21H,1-2H3,(H,18,22)(H,19,23). The largest absolute Gasteiger partial charge is 0.506 e. The van der Waals surface area contributed by atoms with Crippen LogP contribution in [0.5, 0.6) is 5.75 Å². The second kappa shape index (κ2) is 7.02. The van der Waals surface area contributed by atoms with E-state index in [1.54, 1.807) is 18.2 Å². The van der Waals surface area contributed by atoms with Crippen LogP contribution in [0.25, 0.3) is 0 Å². The number of phenolic OH excluding ortho intramolecular Hbond substituents is 1. The summed E-state index contributed by atoms with van der Waals surface area (Å²) in [6, 6.07) is 11.2. The highest BCUT2D eigenvalue weighted by Crippen LogP contribution is 2.26. The average Bonchev–Trinajstić information content (AvgIpc) is 2.51. The third-order valence-electron chi connectivity index (χ3n) is 3.03. The Bertz CT molecular complexity index is 747. The van der Waals surface area contributed by atoms with E-state index in [9.17, 15) is 14.7 Å². The number of amides is 2. The zero-order valence-corrected chi connectivity index (χ0v) is 13.4. The maximum absolute atomic E-state index is 11.9. The smallest absolute Gasteiger partial charge is 0.314 e. The molecule has 0 saturated carbocycles. The van der Waals surface area contributed by atoms with Crippen molar-refractivity contribution in [1.82, 2.24) is 0 Å². The second-order valence-electron chi connectivity index (χ2n) is 5.01. The fraction of sp³-hybridized carbons (Fsp3) is 0.125. The van der Waals surface area contributed by atoms with Crippen LogP contribution in [0.4, 0.5) is 17.1 Å². The number of nitrogens with zero attached hydrogens (tertiary/aromatic N) is 1. The van der Waals surface area contributed by atoms with Gasteiger partial charge in [-0.3, -0.25) is 9.59 Å². The average molecular weight is 334 g/mol. The number of aromatic hydroxyl groups is 1. The number of benzene rings is 2. The molecule has 0 aliphatic rings. The fourth-order valence-electron chi connectivity index (χ4n) is 1.84. The molecule has 23 heavy (non-hydrogen) atoms. The minimum absolute atomic E-state index is 0.0692. The van der Waals surface area contributed by atoms with Crippen molar-refractivity contribution in [3.05, 3.63) is 47.5 Å². The van der Waals surface area contributed by atoms with Crippen molar-refractivity contribution in [2.45, 2.75) is 0 Å². The fourth-order valence-corrected chi connectivity index (χ4v) is 2.01. The highest BCUT2D eigenvalue weighted by molar-refractivity contribution is 6.44. The number of phenols is 1. The summed E-state index contributed by atoms with van der Waals surface area (Å²) in [4.78, 5) is 25.7. The molecule has 0 aromatic heterocycles. The molecule has 120 valence electrons. The molecule has 7 heteroatoms. The first-order chi connectivity index (χ1) is 10.9. The Morgan fingerprint density at radius 1 is 1.04 bits per heavy atom. The summed E-state index contributed by atoms with van der Waals surface area (Å²) in [6.45, 7) is 0. The normalized spacial score (nSPS) is 10.0. The van der Waals surface area contributed by atoms with Gasteiger partial charge in [0.05, 0.1) is 5.69 Å². The summed E-state index contributed by atoms with van der Waals surface area (Å²) in [5.74, 6) is -1.93. The van der Waals surface area contributed by atoms with Crippen molar-refractivity contribution in [3.63, 3.8) is 0 Å². The van der Waals surface area contributed by atoms with Crippen molar-refractivity contribution in [3.8, 4) is 5.75 Å². The molecule has 3 N–H and O–H groups in total. The van der Waals surface area contributed by atoms with Crippen LogP contribution >= 0.6 is 11.6 Å². The molecule has 2 rings (SSSR count). The van der Waals surface area contributed by atoms with E-state index < -0.39 is 11.8 Å². The number of hydrogen-bond acceptors (Lipinski definition) is 4. The van der Waals surface area contributed by atoms with E-state index in [0.29, 0.717) is 10.7 Å². The van der Waals surface area contributed by atoms with E-state index in [4.69, 9.17) is 11.6 Å². The van der Waals surface area contributed by atoms with Crippen molar-refractivity contribution in [2.24, 2.45) is 0 Å². The lowest BCUT2D eigenvalue weighted by molar-refractivity contribution is -0.133. The van der Waals surface area contributed by atoms with Gasteiger partial charge in [0, 0.05) is 30.5 Å². The number of hydrogen-bond donors (Lipinski definition) is 3. The molecule has 0 atom stereocenters. The van der Waals surface area contributed by atoms with Crippen LogP contribution in [0, 0.1) is 0 Å². The summed E-state index contributed by atoms with van der Waals surface area (Å²) in [7, 11) is 3.74. The number of carbonyl (C=O) groups excluding carboxylic acids is 2. The van der Waals surface area contributed by atoms with Crippen molar-refractivity contribution < 1.29 is 14.7 Å². The van der Waals surface area contributed by atoms with Crippen LogP contribution in [0.15, 0.2) is 42.5 Å². The van der Waals surface area contributed by atoms with E-state index in [1.165, 1.54) is 18.2 Å². The number of nitrogens with one attached hydrogen (secondary N) is 2. The van der Waals surface area contributed by atoms with E-state index in [0.717, 1.165) is 5.69 Å². The third kappa shape index (κ3) is 4.37. The Balaban J connectivity index is 2.07. The molecule has 2 aromatic carbocycles. The zero-order valence-electron chi connectivity index (χ0n) is 12.6. The molecule has 0 aliphatic heterocycles. The van der Waals surface area contributed by atoms with Crippen molar-refractivity contribution >= 4 is 40.5 Å². The Hall–Kier alpha value is -2.73. The second-order valence-corrected chi connectivity index (χ2v) is 5.45. The maximum atomic E-state index is 11.9. The lowest BCUT2D eigenvalue weighted by atomic mass is 10.2. The van der Waals surface area contributed by atoms with Crippen LogP contribution < -0.4 is 15.5 Å². The van der Waals surface area contributed by atoms with Gasteiger partial charge < -0.3 is 20.6 Å². The first-order valence-corrected chi connectivity index (χ1v) is 7.13. The van der Waals surface area contributed by atoms with Crippen LogP contribution in [0.2, 0.25) is 5.02 Å². The lowest BCUT2D eigenvalue weighted by Gasteiger charge is -2.14. The van der Waals surface area contributed by atoms with Crippen LogP contribution in [0.3, 0.4) is 0 Å². The van der Waals surface area contributed by atoms with Gasteiger partial charge in [0.2, 0.25) is 0 Å². The molecular formula is C16H16ClN3O3. The molecule has 0 spiro atoms. The van der Waals surface area contributed by atoms with Gasteiger partial charge in [0.1, 0.15) is 5.75 Å². The van der Waals surface area contributed by atoms with Gasteiger partial charge >= 0.3 is 11.8 Å². The molecule has 0 unspecified atom stereocenters. The van der Waals surface area contributed by atoms with Crippen LogP contribution in [-0.2, 0) is 9.59 Å². The summed E-state index contributed by atoms with van der Waals surface area (Å²) in [5, 5.41) is 14.8. The summed E-state index contributed by atoms with van der Waals surface area (Å²) < 4.78 is 0. The molecule has 2 amide bonds. The molecule has 0 saturated heterocycles. The number of anilines is 3. The highest BCUT2D eigenvalue weighted by atomic mass is 35.5. The van der Waals surface area contributed by atoms with Gasteiger partial charge in [-0.1, -0.05) is 17.7 Å². The Morgan fingerprint density at radius 2 is 1.74 bits per heavy atom. The van der Waals surface area contributed by atoms with E-state index in [1.807, 2.05) is 25.1 Å². The first kappa shape index (κ1) is 16.6. The molecule has 6 nitrogen and oxygen atoms in total. The molecule has 0 bridgehead atoms. The van der Waals surface area contributed by atoms with E-state index in [2.05, 4.69) is 10.6 Å². The topological polar surface area (TPSA) is 81.7 Å². The number of halogens is 1. The SMILES string of the molecule is CN(C)c1cccc(NC(=O)C(=O)Nc2cc(Cl)ccc2O)c1. The van der Waals surface area contributed by atoms with Crippen LogP contribution in [-0.4, -0.2) is 31.0 Å². The number of rotatable bonds is 3. The lowest BCUT2D eigenvalue weighted by Crippen LogP contribution is -2.29. The van der Waals surface area contributed by atoms with Gasteiger partial charge in [-0.25, -0.2) is 0 Å². The summed E-state index contributed by atoms with van der Waals surface area (Å²) in [6.07, 6.45) is 0. The predicted octanol–water partition coefficient (Wildman–Crippen LogP) is 2.69. The third-order valence-corrected chi connectivity index (χ3v) is 3.27.